The van der Waals surface area contributed by atoms with Gasteiger partial charge < -0.3 is 5.73 Å². The van der Waals surface area contributed by atoms with Gasteiger partial charge in [0.2, 0.25) is 10.0 Å². The Morgan fingerprint density at radius 1 is 1.33 bits per heavy atom. The smallest absolute Gasteiger partial charge is 0.237 e. The topological polar surface area (TPSA) is 63.4 Å². The van der Waals surface area contributed by atoms with Crippen LogP contribution in [0.25, 0.3) is 0 Å². The second kappa shape index (κ2) is 5.09. The van der Waals surface area contributed by atoms with Crippen LogP contribution >= 0.6 is 15.9 Å². The SMILES string of the molecule is CN(c1ccc(Br)cc1N)S(=O)(=O)C1CCCC1. The molecule has 4 nitrogen and oxygen atoms in total. The van der Waals surface area contributed by atoms with Crippen molar-refractivity contribution in [3.63, 3.8) is 0 Å². The van der Waals surface area contributed by atoms with Crippen molar-refractivity contribution in [2.45, 2.75) is 30.9 Å². The van der Waals surface area contributed by atoms with Crippen molar-refractivity contribution in [1.82, 2.24) is 0 Å². The van der Waals surface area contributed by atoms with Crippen molar-refractivity contribution in [1.29, 1.82) is 0 Å². The minimum Gasteiger partial charge on any atom is -0.397 e. The molecule has 2 rings (SSSR count). The lowest BCUT2D eigenvalue weighted by molar-refractivity contribution is 0.578. The summed E-state index contributed by atoms with van der Waals surface area (Å²) < 4.78 is 27.0. The molecule has 1 aliphatic carbocycles. The molecule has 1 saturated carbocycles. The molecule has 1 aromatic rings. The maximum Gasteiger partial charge on any atom is 0.237 e. The van der Waals surface area contributed by atoms with Gasteiger partial charge in [-0.1, -0.05) is 28.8 Å². The van der Waals surface area contributed by atoms with E-state index in [0.717, 1.165) is 30.2 Å². The third kappa shape index (κ3) is 2.49. The van der Waals surface area contributed by atoms with E-state index in [0.29, 0.717) is 11.4 Å². The molecule has 0 heterocycles. The summed E-state index contributed by atoms with van der Waals surface area (Å²) in [6.45, 7) is 0. The predicted molar refractivity (Wildman–Crippen MR) is 78.1 cm³/mol. The first kappa shape index (κ1) is 13.7. The van der Waals surface area contributed by atoms with Gasteiger partial charge in [0.15, 0.2) is 0 Å². The summed E-state index contributed by atoms with van der Waals surface area (Å²) in [7, 11) is -1.71. The minimum absolute atomic E-state index is 0.259. The number of nitrogen functional groups attached to an aromatic ring is 1. The fraction of sp³-hybridized carbons (Fsp3) is 0.500. The standard InChI is InChI=1S/C12H17BrN2O2S/c1-15(12-7-6-9(13)8-11(12)14)18(16,17)10-4-2-3-5-10/h6-8,10H,2-5,14H2,1H3. The van der Waals surface area contributed by atoms with Gasteiger partial charge >= 0.3 is 0 Å². The van der Waals surface area contributed by atoms with E-state index in [1.807, 2.05) is 0 Å². The van der Waals surface area contributed by atoms with Crippen LogP contribution in [0.2, 0.25) is 0 Å². The normalized spacial score (nSPS) is 17.0. The van der Waals surface area contributed by atoms with Gasteiger partial charge in [0, 0.05) is 11.5 Å². The van der Waals surface area contributed by atoms with Crippen LogP contribution < -0.4 is 10.0 Å². The second-order valence-corrected chi connectivity index (χ2v) is 7.78. The molecule has 0 unspecified atom stereocenters. The number of nitrogens with zero attached hydrogens (tertiary/aromatic N) is 1. The summed E-state index contributed by atoms with van der Waals surface area (Å²) in [5.41, 5.74) is 6.89. The highest BCUT2D eigenvalue weighted by molar-refractivity contribution is 9.10. The van der Waals surface area contributed by atoms with E-state index in [4.69, 9.17) is 5.73 Å². The Hall–Kier alpha value is -0.750. The lowest BCUT2D eigenvalue weighted by atomic mass is 10.3. The van der Waals surface area contributed by atoms with Crippen LogP contribution in [0.5, 0.6) is 0 Å². The molecule has 0 amide bonds. The third-order valence-corrected chi connectivity index (χ3v) is 6.20. The van der Waals surface area contributed by atoms with Gasteiger partial charge in [-0.15, -0.1) is 0 Å². The Kier molecular flexibility index (Phi) is 3.87. The Balaban J connectivity index is 2.32. The zero-order chi connectivity index (χ0) is 13.3. The molecule has 1 fully saturated rings. The van der Waals surface area contributed by atoms with Gasteiger partial charge in [-0.25, -0.2) is 8.42 Å². The van der Waals surface area contributed by atoms with Gasteiger partial charge in [0.1, 0.15) is 0 Å². The highest BCUT2D eigenvalue weighted by Gasteiger charge is 2.32. The van der Waals surface area contributed by atoms with Crippen LogP contribution in [0.4, 0.5) is 11.4 Å². The highest BCUT2D eigenvalue weighted by Crippen LogP contribution is 2.32. The number of benzene rings is 1. The molecular weight excluding hydrogens is 316 g/mol. The van der Waals surface area contributed by atoms with E-state index in [1.54, 1.807) is 25.2 Å². The van der Waals surface area contributed by atoms with E-state index < -0.39 is 10.0 Å². The predicted octanol–water partition coefficient (Wildman–Crippen LogP) is 2.74. The Morgan fingerprint density at radius 3 is 2.50 bits per heavy atom. The summed E-state index contributed by atoms with van der Waals surface area (Å²) >= 11 is 3.31. The van der Waals surface area contributed by atoms with Gasteiger partial charge in [0.25, 0.3) is 0 Å². The molecule has 18 heavy (non-hydrogen) atoms. The lowest BCUT2D eigenvalue weighted by Gasteiger charge is -2.24. The number of halogens is 1. The lowest BCUT2D eigenvalue weighted by Crippen LogP contribution is -2.35. The summed E-state index contributed by atoms with van der Waals surface area (Å²) in [6, 6.07) is 5.24. The monoisotopic (exact) mass is 332 g/mol. The van der Waals surface area contributed by atoms with E-state index in [2.05, 4.69) is 15.9 Å². The van der Waals surface area contributed by atoms with Crippen molar-refractivity contribution in [2.24, 2.45) is 0 Å². The van der Waals surface area contributed by atoms with Gasteiger partial charge in [-0.3, -0.25) is 4.31 Å². The molecule has 100 valence electrons. The van der Waals surface area contributed by atoms with Crippen LogP contribution in [-0.2, 0) is 10.0 Å². The first-order valence-electron chi connectivity index (χ1n) is 5.95. The number of sulfonamides is 1. The van der Waals surface area contributed by atoms with E-state index >= 15 is 0 Å². The van der Waals surface area contributed by atoms with Crippen molar-refractivity contribution < 1.29 is 8.42 Å². The largest absolute Gasteiger partial charge is 0.397 e. The summed E-state index contributed by atoms with van der Waals surface area (Å²) in [5.74, 6) is 0. The van der Waals surface area contributed by atoms with E-state index in [9.17, 15) is 8.42 Å². The van der Waals surface area contributed by atoms with Crippen molar-refractivity contribution >= 4 is 37.3 Å². The van der Waals surface area contributed by atoms with Crippen LogP contribution in [-0.4, -0.2) is 20.7 Å². The van der Waals surface area contributed by atoms with Gasteiger partial charge in [-0.2, -0.15) is 0 Å². The molecule has 1 aromatic carbocycles. The van der Waals surface area contributed by atoms with E-state index in [-0.39, 0.29) is 5.25 Å². The molecule has 0 spiro atoms. The summed E-state index contributed by atoms with van der Waals surface area (Å²) in [5, 5.41) is -0.259. The fourth-order valence-corrected chi connectivity index (χ4v) is 4.55. The molecule has 0 atom stereocenters. The van der Waals surface area contributed by atoms with Gasteiger partial charge in [-0.05, 0) is 31.0 Å². The fourth-order valence-electron chi connectivity index (χ4n) is 2.36. The molecule has 1 aliphatic rings. The van der Waals surface area contributed by atoms with Crippen molar-refractivity contribution in [3.8, 4) is 0 Å². The minimum atomic E-state index is -3.29. The number of anilines is 2. The molecular formula is C12H17BrN2O2S. The molecule has 0 aliphatic heterocycles. The van der Waals surface area contributed by atoms with Gasteiger partial charge in [0.05, 0.1) is 16.6 Å². The highest BCUT2D eigenvalue weighted by atomic mass is 79.9. The van der Waals surface area contributed by atoms with Crippen LogP contribution in [0.3, 0.4) is 0 Å². The molecule has 0 saturated heterocycles. The Morgan fingerprint density at radius 2 is 1.94 bits per heavy atom. The molecule has 6 heteroatoms. The van der Waals surface area contributed by atoms with Crippen LogP contribution in [0, 0.1) is 0 Å². The maximum absolute atomic E-state index is 12.4. The third-order valence-electron chi connectivity index (χ3n) is 3.43. The van der Waals surface area contributed by atoms with E-state index in [1.165, 1.54) is 4.31 Å². The Labute approximate surface area is 116 Å². The zero-order valence-corrected chi connectivity index (χ0v) is 12.7. The van der Waals surface area contributed by atoms with Crippen molar-refractivity contribution in [3.05, 3.63) is 22.7 Å². The van der Waals surface area contributed by atoms with Crippen LogP contribution in [0.15, 0.2) is 22.7 Å². The summed E-state index contributed by atoms with van der Waals surface area (Å²) in [4.78, 5) is 0. The van der Waals surface area contributed by atoms with Crippen molar-refractivity contribution in [2.75, 3.05) is 17.1 Å². The first-order chi connectivity index (χ1) is 8.43. The molecule has 0 bridgehead atoms. The number of rotatable bonds is 3. The number of nitrogens with two attached hydrogens (primary N) is 1. The molecule has 2 N–H and O–H groups in total. The zero-order valence-electron chi connectivity index (χ0n) is 10.3. The quantitative estimate of drug-likeness (QED) is 0.865. The number of hydrogen-bond donors (Lipinski definition) is 1. The van der Waals surface area contributed by atoms with Crippen LogP contribution in [0.1, 0.15) is 25.7 Å². The second-order valence-electron chi connectivity index (χ2n) is 4.62. The average molecular weight is 333 g/mol. The maximum atomic E-state index is 12.4. The molecule has 0 aromatic heterocycles. The first-order valence-corrected chi connectivity index (χ1v) is 8.25. The number of hydrogen-bond acceptors (Lipinski definition) is 3. The average Bonchev–Trinajstić information content (AvgIpc) is 2.82. The Bertz CT molecular complexity index is 539. The molecule has 0 radical (unpaired) electrons. The summed E-state index contributed by atoms with van der Waals surface area (Å²) in [6.07, 6.45) is 3.49.